The highest BCUT2D eigenvalue weighted by Gasteiger charge is 2.27. The van der Waals surface area contributed by atoms with Gasteiger partial charge in [0, 0.05) is 19.1 Å². The Morgan fingerprint density at radius 1 is 1.43 bits per heavy atom. The van der Waals surface area contributed by atoms with Crippen molar-refractivity contribution in [1.29, 1.82) is 0 Å². The molecule has 8 nitrogen and oxygen atoms in total. The number of aromatic nitrogens is 2. The SMILES string of the molecule is Cc1nonc1CC(=O)NC1CCCN(C(=O)c2ccco2)C1. The van der Waals surface area contributed by atoms with E-state index >= 15 is 0 Å². The summed E-state index contributed by atoms with van der Waals surface area (Å²) in [6.07, 6.45) is 3.27. The zero-order valence-corrected chi connectivity index (χ0v) is 12.8. The van der Waals surface area contributed by atoms with E-state index in [9.17, 15) is 9.59 Å². The number of furan rings is 1. The molecular formula is C15H18N4O4. The number of likely N-dealkylation sites (tertiary alicyclic amines) is 1. The first-order valence-corrected chi connectivity index (χ1v) is 7.53. The van der Waals surface area contributed by atoms with Crippen molar-refractivity contribution in [3.63, 3.8) is 0 Å². The third kappa shape index (κ3) is 3.58. The lowest BCUT2D eigenvalue weighted by molar-refractivity contribution is -0.121. The number of hydrogen-bond acceptors (Lipinski definition) is 6. The van der Waals surface area contributed by atoms with Crippen molar-refractivity contribution in [1.82, 2.24) is 20.5 Å². The number of amides is 2. The highest BCUT2D eigenvalue weighted by Crippen LogP contribution is 2.14. The van der Waals surface area contributed by atoms with E-state index in [4.69, 9.17) is 4.42 Å². The first kappa shape index (κ1) is 15.3. The lowest BCUT2D eigenvalue weighted by Gasteiger charge is -2.32. The molecule has 0 saturated carbocycles. The van der Waals surface area contributed by atoms with Gasteiger partial charge < -0.3 is 14.6 Å². The Bertz CT molecular complexity index is 679. The molecule has 1 aliphatic rings. The van der Waals surface area contributed by atoms with Crippen LogP contribution in [0.5, 0.6) is 0 Å². The average molecular weight is 318 g/mol. The predicted molar refractivity (Wildman–Crippen MR) is 78.5 cm³/mol. The molecule has 2 aromatic heterocycles. The Balaban J connectivity index is 1.55. The van der Waals surface area contributed by atoms with Crippen LogP contribution in [-0.4, -0.2) is 46.2 Å². The maximum atomic E-state index is 12.3. The van der Waals surface area contributed by atoms with Gasteiger partial charge in [0.2, 0.25) is 5.91 Å². The van der Waals surface area contributed by atoms with Crippen molar-refractivity contribution < 1.29 is 18.6 Å². The zero-order valence-electron chi connectivity index (χ0n) is 12.8. The predicted octanol–water partition coefficient (Wildman–Crippen LogP) is 0.935. The summed E-state index contributed by atoms with van der Waals surface area (Å²) in [5.41, 5.74) is 1.14. The van der Waals surface area contributed by atoms with Crippen molar-refractivity contribution in [2.75, 3.05) is 13.1 Å². The van der Waals surface area contributed by atoms with Crippen molar-refractivity contribution in [3.05, 3.63) is 35.5 Å². The maximum Gasteiger partial charge on any atom is 0.289 e. The molecule has 0 spiro atoms. The van der Waals surface area contributed by atoms with Crippen LogP contribution >= 0.6 is 0 Å². The minimum Gasteiger partial charge on any atom is -0.459 e. The molecule has 2 amide bonds. The smallest absolute Gasteiger partial charge is 0.289 e. The van der Waals surface area contributed by atoms with Gasteiger partial charge in [-0.3, -0.25) is 9.59 Å². The monoisotopic (exact) mass is 318 g/mol. The summed E-state index contributed by atoms with van der Waals surface area (Å²) >= 11 is 0. The van der Waals surface area contributed by atoms with Gasteiger partial charge in [-0.1, -0.05) is 10.3 Å². The fraction of sp³-hybridized carbons (Fsp3) is 0.467. The van der Waals surface area contributed by atoms with E-state index in [2.05, 4.69) is 20.3 Å². The van der Waals surface area contributed by atoms with E-state index in [0.717, 1.165) is 12.8 Å². The molecule has 0 aromatic carbocycles. The van der Waals surface area contributed by atoms with E-state index < -0.39 is 0 Å². The number of hydrogen-bond donors (Lipinski definition) is 1. The summed E-state index contributed by atoms with van der Waals surface area (Å²) in [5.74, 6) is 0.0212. The second kappa shape index (κ2) is 6.64. The average Bonchev–Trinajstić information content (AvgIpc) is 3.19. The molecule has 1 aliphatic heterocycles. The summed E-state index contributed by atoms with van der Waals surface area (Å²) < 4.78 is 9.73. The molecule has 3 heterocycles. The van der Waals surface area contributed by atoms with Crippen molar-refractivity contribution in [2.24, 2.45) is 0 Å². The molecule has 0 bridgehead atoms. The fourth-order valence-electron chi connectivity index (χ4n) is 2.68. The lowest BCUT2D eigenvalue weighted by atomic mass is 10.0. The quantitative estimate of drug-likeness (QED) is 0.900. The third-order valence-corrected chi connectivity index (χ3v) is 3.88. The van der Waals surface area contributed by atoms with E-state index in [0.29, 0.717) is 30.2 Å². The van der Waals surface area contributed by atoms with E-state index in [1.54, 1.807) is 24.0 Å². The van der Waals surface area contributed by atoms with Crippen LogP contribution in [0.2, 0.25) is 0 Å². The molecular weight excluding hydrogens is 300 g/mol. The molecule has 0 radical (unpaired) electrons. The van der Waals surface area contributed by atoms with Crippen molar-refractivity contribution in [2.45, 2.75) is 32.2 Å². The molecule has 1 unspecified atom stereocenters. The number of carbonyl (C=O) groups is 2. The van der Waals surface area contributed by atoms with Crippen LogP contribution in [-0.2, 0) is 11.2 Å². The molecule has 3 rings (SSSR count). The minimum absolute atomic E-state index is 0.0738. The molecule has 1 atom stereocenters. The number of rotatable bonds is 4. The number of aryl methyl sites for hydroxylation is 1. The van der Waals surface area contributed by atoms with Crippen LogP contribution in [0.25, 0.3) is 0 Å². The van der Waals surface area contributed by atoms with Gasteiger partial charge in [-0.25, -0.2) is 4.63 Å². The molecule has 2 aromatic rings. The Kier molecular flexibility index (Phi) is 4.40. The van der Waals surface area contributed by atoms with Gasteiger partial charge in [0.05, 0.1) is 12.7 Å². The third-order valence-electron chi connectivity index (χ3n) is 3.88. The van der Waals surface area contributed by atoms with Crippen LogP contribution in [0.3, 0.4) is 0 Å². The largest absolute Gasteiger partial charge is 0.459 e. The number of piperidine rings is 1. The first-order chi connectivity index (χ1) is 11.1. The highest BCUT2D eigenvalue weighted by molar-refractivity contribution is 5.91. The standard InChI is InChI=1S/C15H18N4O4/c1-10-12(18-23-17-10)8-14(20)16-11-4-2-6-19(9-11)15(21)13-5-3-7-22-13/h3,5,7,11H,2,4,6,8-9H2,1H3,(H,16,20). The molecule has 8 heteroatoms. The van der Waals surface area contributed by atoms with Gasteiger partial charge in [-0.05, 0) is 31.9 Å². The van der Waals surface area contributed by atoms with Gasteiger partial charge in [-0.2, -0.15) is 0 Å². The lowest BCUT2D eigenvalue weighted by Crippen LogP contribution is -2.49. The zero-order chi connectivity index (χ0) is 16.2. The maximum absolute atomic E-state index is 12.3. The van der Waals surface area contributed by atoms with Crippen LogP contribution in [0.4, 0.5) is 0 Å². The summed E-state index contributed by atoms with van der Waals surface area (Å²) in [5, 5.41) is 10.3. The molecule has 0 aliphatic carbocycles. The highest BCUT2D eigenvalue weighted by atomic mass is 16.6. The number of nitrogens with zero attached hydrogens (tertiary/aromatic N) is 3. The first-order valence-electron chi connectivity index (χ1n) is 7.53. The Morgan fingerprint density at radius 2 is 2.30 bits per heavy atom. The van der Waals surface area contributed by atoms with E-state index in [1.165, 1.54) is 6.26 Å². The van der Waals surface area contributed by atoms with Crippen LogP contribution in [0.1, 0.15) is 34.8 Å². The molecule has 1 saturated heterocycles. The van der Waals surface area contributed by atoms with Gasteiger partial charge in [0.25, 0.3) is 5.91 Å². The molecule has 1 fully saturated rings. The summed E-state index contributed by atoms with van der Waals surface area (Å²) in [6, 6.07) is 3.26. The Hall–Kier alpha value is -2.64. The van der Waals surface area contributed by atoms with E-state index in [1.807, 2.05) is 0 Å². The summed E-state index contributed by atoms with van der Waals surface area (Å²) in [7, 11) is 0. The van der Waals surface area contributed by atoms with Gasteiger partial charge in [0.1, 0.15) is 11.4 Å². The topological polar surface area (TPSA) is 101 Å². The van der Waals surface area contributed by atoms with Gasteiger partial charge in [0.15, 0.2) is 5.76 Å². The number of nitrogens with one attached hydrogen (secondary N) is 1. The van der Waals surface area contributed by atoms with Gasteiger partial charge >= 0.3 is 0 Å². The van der Waals surface area contributed by atoms with Crippen LogP contribution in [0, 0.1) is 6.92 Å². The second-order valence-corrected chi connectivity index (χ2v) is 5.61. The molecule has 1 N–H and O–H groups in total. The van der Waals surface area contributed by atoms with Crippen molar-refractivity contribution in [3.8, 4) is 0 Å². The summed E-state index contributed by atoms with van der Waals surface area (Å²) in [6.45, 7) is 2.88. The fourth-order valence-corrected chi connectivity index (χ4v) is 2.68. The Morgan fingerprint density at radius 3 is 3.00 bits per heavy atom. The second-order valence-electron chi connectivity index (χ2n) is 5.61. The number of carbonyl (C=O) groups excluding carboxylic acids is 2. The molecule has 23 heavy (non-hydrogen) atoms. The normalized spacial score (nSPS) is 18.0. The van der Waals surface area contributed by atoms with Crippen LogP contribution in [0.15, 0.2) is 27.4 Å². The minimum atomic E-state index is -0.152. The van der Waals surface area contributed by atoms with Crippen molar-refractivity contribution >= 4 is 11.8 Å². The van der Waals surface area contributed by atoms with E-state index in [-0.39, 0.29) is 24.3 Å². The molecule has 122 valence electrons. The van der Waals surface area contributed by atoms with Gasteiger partial charge in [-0.15, -0.1) is 0 Å². The Labute approximate surface area is 132 Å². The summed E-state index contributed by atoms with van der Waals surface area (Å²) in [4.78, 5) is 26.1. The van der Waals surface area contributed by atoms with Crippen LogP contribution < -0.4 is 5.32 Å².